The van der Waals surface area contributed by atoms with Gasteiger partial charge in [0.05, 0.1) is 6.10 Å². The molecule has 0 saturated heterocycles. The van der Waals surface area contributed by atoms with E-state index in [1.807, 2.05) is 0 Å². The molecule has 2 heteroatoms. The molecule has 0 bridgehead atoms. The largest absolute Gasteiger partial charge is 0.393 e. The van der Waals surface area contributed by atoms with Crippen LogP contribution in [0.25, 0.3) is 0 Å². The minimum absolute atomic E-state index is 0.0446. The number of hydrogen-bond acceptors (Lipinski definition) is 2. The van der Waals surface area contributed by atoms with Crippen LogP contribution in [0.5, 0.6) is 0 Å². The van der Waals surface area contributed by atoms with Gasteiger partial charge in [0.25, 0.3) is 0 Å². The highest BCUT2D eigenvalue weighted by molar-refractivity contribution is 5.87. The number of unbranched alkanes of at least 4 members (excludes halogenated alkanes) is 3. The van der Waals surface area contributed by atoms with Crippen LogP contribution in [0.2, 0.25) is 0 Å². The van der Waals surface area contributed by atoms with E-state index in [9.17, 15) is 9.90 Å². The van der Waals surface area contributed by atoms with Gasteiger partial charge in [0, 0.05) is 0 Å². The molecular formula is C12H22O2. The zero-order chi connectivity index (χ0) is 10.8. The second-order valence-corrected chi connectivity index (χ2v) is 3.75. The fourth-order valence-corrected chi connectivity index (χ4v) is 1.32. The molecule has 0 aromatic rings. The lowest BCUT2D eigenvalue weighted by molar-refractivity contribution is -0.112. The van der Waals surface area contributed by atoms with Gasteiger partial charge in [-0.15, -0.1) is 0 Å². The van der Waals surface area contributed by atoms with Crippen molar-refractivity contribution >= 4 is 5.78 Å². The zero-order valence-electron chi connectivity index (χ0n) is 9.33. The van der Waals surface area contributed by atoms with E-state index in [4.69, 9.17) is 0 Å². The summed E-state index contributed by atoms with van der Waals surface area (Å²) in [4.78, 5) is 10.6. The van der Waals surface area contributed by atoms with Crippen molar-refractivity contribution < 1.29 is 9.90 Å². The lowest BCUT2D eigenvalue weighted by Gasteiger charge is -2.06. The van der Waals surface area contributed by atoms with E-state index in [0.29, 0.717) is 6.42 Å². The molecule has 2 nitrogen and oxygen atoms in total. The van der Waals surface area contributed by atoms with Gasteiger partial charge in [-0.05, 0) is 25.8 Å². The summed E-state index contributed by atoms with van der Waals surface area (Å²) in [6.07, 6.45) is 9.21. The predicted octanol–water partition coefficient (Wildman–Crippen LogP) is 2.85. The normalized spacial score (nSPS) is 13.4. The average molecular weight is 198 g/mol. The van der Waals surface area contributed by atoms with Gasteiger partial charge in [-0.25, -0.2) is 0 Å². The Kier molecular flexibility index (Phi) is 8.54. The van der Waals surface area contributed by atoms with Crippen molar-refractivity contribution in [2.75, 3.05) is 0 Å². The van der Waals surface area contributed by atoms with Gasteiger partial charge in [0.1, 0.15) is 0 Å². The highest BCUT2D eigenvalue weighted by atomic mass is 16.3. The topological polar surface area (TPSA) is 37.3 Å². The fraction of sp³-hybridized carbons (Fsp3) is 0.750. The van der Waals surface area contributed by atoms with Gasteiger partial charge >= 0.3 is 0 Å². The first kappa shape index (κ1) is 13.4. The SMILES string of the molecule is CCCCCCC(O)C/C=C/C(C)=O. The highest BCUT2D eigenvalue weighted by Gasteiger charge is 2.00. The van der Waals surface area contributed by atoms with Gasteiger partial charge in [-0.1, -0.05) is 38.7 Å². The molecule has 0 rings (SSSR count). The Balaban J connectivity index is 3.36. The van der Waals surface area contributed by atoms with Crippen molar-refractivity contribution in [3.63, 3.8) is 0 Å². The van der Waals surface area contributed by atoms with Gasteiger partial charge in [-0.2, -0.15) is 0 Å². The Morgan fingerprint density at radius 1 is 1.36 bits per heavy atom. The molecule has 1 atom stereocenters. The van der Waals surface area contributed by atoms with Crippen molar-refractivity contribution in [2.24, 2.45) is 0 Å². The summed E-state index contributed by atoms with van der Waals surface area (Å²) in [6, 6.07) is 0. The lowest BCUT2D eigenvalue weighted by atomic mass is 10.1. The smallest absolute Gasteiger partial charge is 0.152 e. The molecule has 1 unspecified atom stereocenters. The van der Waals surface area contributed by atoms with E-state index in [-0.39, 0.29) is 11.9 Å². The van der Waals surface area contributed by atoms with E-state index in [1.54, 1.807) is 6.08 Å². The number of aliphatic hydroxyl groups is 1. The second kappa shape index (κ2) is 8.95. The third-order valence-electron chi connectivity index (χ3n) is 2.15. The van der Waals surface area contributed by atoms with Crippen LogP contribution >= 0.6 is 0 Å². The molecule has 0 fully saturated rings. The Labute approximate surface area is 87.0 Å². The molecule has 0 spiro atoms. The predicted molar refractivity (Wildman–Crippen MR) is 59.2 cm³/mol. The van der Waals surface area contributed by atoms with E-state index in [1.165, 1.54) is 32.3 Å². The number of ketones is 1. The van der Waals surface area contributed by atoms with E-state index in [0.717, 1.165) is 12.8 Å². The number of carbonyl (C=O) groups is 1. The first-order valence-electron chi connectivity index (χ1n) is 5.52. The molecule has 0 aliphatic heterocycles. The molecule has 0 radical (unpaired) electrons. The molecule has 0 aromatic carbocycles. The van der Waals surface area contributed by atoms with Crippen LogP contribution in [0.3, 0.4) is 0 Å². The van der Waals surface area contributed by atoms with Crippen LogP contribution in [-0.4, -0.2) is 17.0 Å². The molecule has 82 valence electrons. The van der Waals surface area contributed by atoms with Crippen molar-refractivity contribution in [2.45, 2.75) is 58.5 Å². The summed E-state index contributed by atoms with van der Waals surface area (Å²) in [6.45, 7) is 3.69. The van der Waals surface area contributed by atoms with Crippen LogP contribution in [-0.2, 0) is 4.79 Å². The first-order chi connectivity index (χ1) is 6.66. The van der Waals surface area contributed by atoms with Crippen LogP contribution < -0.4 is 0 Å². The average Bonchev–Trinajstić information content (AvgIpc) is 2.12. The number of rotatable bonds is 8. The monoisotopic (exact) mass is 198 g/mol. The Morgan fingerprint density at radius 3 is 2.64 bits per heavy atom. The molecular weight excluding hydrogens is 176 g/mol. The molecule has 0 aliphatic rings. The maximum absolute atomic E-state index is 10.6. The standard InChI is InChI=1S/C12H22O2/c1-3-4-5-6-9-12(14)10-7-8-11(2)13/h7-8,12,14H,3-6,9-10H2,1-2H3/b8-7+. The highest BCUT2D eigenvalue weighted by Crippen LogP contribution is 2.08. The molecule has 14 heavy (non-hydrogen) atoms. The molecule has 0 saturated carbocycles. The van der Waals surface area contributed by atoms with Gasteiger partial charge < -0.3 is 5.11 Å². The molecule has 0 amide bonds. The lowest BCUT2D eigenvalue weighted by Crippen LogP contribution is -2.04. The summed E-state index contributed by atoms with van der Waals surface area (Å²) >= 11 is 0. The Morgan fingerprint density at radius 2 is 2.07 bits per heavy atom. The quantitative estimate of drug-likeness (QED) is 0.481. The summed E-state index contributed by atoms with van der Waals surface area (Å²) in [5, 5.41) is 9.50. The number of allylic oxidation sites excluding steroid dienone is 1. The van der Waals surface area contributed by atoms with Crippen LogP contribution in [0.1, 0.15) is 52.4 Å². The van der Waals surface area contributed by atoms with E-state index >= 15 is 0 Å². The van der Waals surface area contributed by atoms with Gasteiger partial charge in [-0.3, -0.25) is 4.79 Å². The van der Waals surface area contributed by atoms with Crippen molar-refractivity contribution in [3.05, 3.63) is 12.2 Å². The van der Waals surface area contributed by atoms with Crippen molar-refractivity contribution in [1.29, 1.82) is 0 Å². The number of aliphatic hydroxyl groups excluding tert-OH is 1. The third kappa shape index (κ3) is 9.46. The van der Waals surface area contributed by atoms with Crippen LogP contribution in [0.15, 0.2) is 12.2 Å². The zero-order valence-corrected chi connectivity index (χ0v) is 9.33. The fourth-order valence-electron chi connectivity index (χ4n) is 1.32. The van der Waals surface area contributed by atoms with Gasteiger partial charge in [0.2, 0.25) is 0 Å². The number of carbonyl (C=O) groups excluding carboxylic acids is 1. The molecule has 0 aliphatic carbocycles. The Bertz CT molecular complexity index is 173. The maximum atomic E-state index is 10.6. The minimum atomic E-state index is -0.276. The van der Waals surface area contributed by atoms with Crippen molar-refractivity contribution in [3.8, 4) is 0 Å². The molecule has 0 heterocycles. The van der Waals surface area contributed by atoms with Crippen molar-refractivity contribution in [1.82, 2.24) is 0 Å². The van der Waals surface area contributed by atoms with E-state index in [2.05, 4.69) is 6.92 Å². The molecule has 0 aromatic heterocycles. The molecule has 1 N–H and O–H groups in total. The van der Waals surface area contributed by atoms with Gasteiger partial charge in [0.15, 0.2) is 5.78 Å². The first-order valence-corrected chi connectivity index (χ1v) is 5.52. The maximum Gasteiger partial charge on any atom is 0.152 e. The van der Waals surface area contributed by atoms with Crippen LogP contribution in [0, 0.1) is 0 Å². The summed E-state index contributed by atoms with van der Waals surface area (Å²) in [5.41, 5.74) is 0. The summed E-state index contributed by atoms with van der Waals surface area (Å²) in [5.74, 6) is 0.0446. The third-order valence-corrected chi connectivity index (χ3v) is 2.15. The summed E-state index contributed by atoms with van der Waals surface area (Å²) in [7, 11) is 0. The van der Waals surface area contributed by atoms with E-state index < -0.39 is 0 Å². The number of hydrogen-bond donors (Lipinski definition) is 1. The Hall–Kier alpha value is -0.630. The van der Waals surface area contributed by atoms with Crippen LogP contribution in [0.4, 0.5) is 0 Å². The summed E-state index contributed by atoms with van der Waals surface area (Å²) < 4.78 is 0. The second-order valence-electron chi connectivity index (χ2n) is 3.75. The minimum Gasteiger partial charge on any atom is -0.393 e.